The quantitative estimate of drug-likeness (QED) is 0.652. The highest BCUT2D eigenvalue weighted by molar-refractivity contribution is 7.98. The Labute approximate surface area is 156 Å². The molecule has 4 heterocycles. The summed E-state index contributed by atoms with van der Waals surface area (Å²) in [5.41, 5.74) is 6.36. The minimum atomic E-state index is -1.02. The van der Waals surface area contributed by atoms with Crippen LogP contribution in [0.4, 0.5) is 16.0 Å². The van der Waals surface area contributed by atoms with E-state index in [4.69, 9.17) is 5.73 Å². The van der Waals surface area contributed by atoms with Gasteiger partial charge in [-0.25, -0.2) is 9.07 Å². The van der Waals surface area contributed by atoms with Crippen LogP contribution in [-0.2, 0) is 6.54 Å². The number of fused-ring (bicyclic) bond motifs is 1. The average molecular weight is 383 g/mol. The Morgan fingerprint density at radius 1 is 1.38 bits per heavy atom. The summed E-state index contributed by atoms with van der Waals surface area (Å²) in [6, 6.07) is 0.531. The smallest absolute Gasteiger partial charge is 0.259 e. The molecule has 3 aliphatic heterocycles. The van der Waals surface area contributed by atoms with Crippen LogP contribution in [0.25, 0.3) is 0 Å². The Morgan fingerprint density at radius 3 is 2.85 bits per heavy atom. The highest BCUT2D eigenvalue weighted by Gasteiger charge is 2.41. The van der Waals surface area contributed by atoms with Gasteiger partial charge in [-0.3, -0.25) is 14.4 Å². The molecule has 8 nitrogen and oxygen atoms in total. The molecule has 0 saturated carbocycles. The molecule has 144 valence electrons. The third-order valence-corrected chi connectivity index (χ3v) is 6.58. The van der Waals surface area contributed by atoms with Gasteiger partial charge in [0.05, 0.1) is 19.1 Å². The van der Waals surface area contributed by atoms with Gasteiger partial charge >= 0.3 is 0 Å². The monoisotopic (exact) mass is 383 g/mol. The molecule has 0 spiro atoms. The van der Waals surface area contributed by atoms with Crippen LogP contribution in [0.3, 0.4) is 0 Å². The first-order valence-corrected chi connectivity index (χ1v) is 10.0. The maximum atomic E-state index is 13.8. The van der Waals surface area contributed by atoms with E-state index in [-0.39, 0.29) is 42.3 Å². The number of nitrogens with two attached hydrogens (primary N) is 1. The summed E-state index contributed by atoms with van der Waals surface area (Å²) in [5, 5.41) is 7.24. The largest absolute Gasteiger partial charge is 0.381 e. The first kappa shape index (κ1) is 17.9. The highest BCUT2D eigenvalue weighted by Crippen LogP contribution is 2.32. The van der Waals surface area contributed by atoms with Crippen LogP contribution in [0, 0.1) is 0 Å². The number of carbonyl (C=O) groups excluding carboxylic acids is 1. The van der Waals surface area contributed by atoms with Gasteiger partial charge in [-0.2, -0.15) is 5.10 Å². The SMILES string of the molecule is CC1NSC(NC(=O)c2c(N)nn3c2N(C)CC(F)C3)C1N1CCCC1. The van der Waals surface area contributed by atoms with Crippen molar-refractivity contribution in [3.05, 3.63) is 5.56 Å². The molecule has 4 unspecified atom stereocenters. The predicted molar refractivity (Wildman–Crippen MR) is 101 cm³/mol. The van der Waals surface area contributed by atoms with Crippen molar-refractivity contribution in [2.75, 3.05) is 37.3 Å². The lowest BCUT2D eigenvalue weighted by molar-refractivity contribution is 0.0928. The minimum Gasteiger partial charge on any atom is -0.381 e. The summed E-state index contributed by atoms with van der Waals surface area (Å²) in [6.45, 7) is 4.64. The van der Waals surface area contributed by atoms with E-state index >= 15 is 0 Å². The van der Waals surface area contributed by atoms with Crippen molar-refractivity contribution in [1.82, 2.24) is 24.7 Å². The fourth-order valence-electron chi connectivity index (χ4n) is 4.28. The lowest BCUT2D eigenvalue weighted by Crippen LogP contribution is -2.51. The number of anilines is 2. The van der Waals surface area contributed by atoms with Gasteiger partial charge in [-0.1, -0.05) is 11.9 Å². The number of rotatable bonds is 3. The molecule has 4 atom stereocenters. The number of aromatic nitrogens is 2. The number of hydrogen-bond acceptors (Lipinski definition) is 7. The highest BCUT2D eigenvalue weighted by atomic mass is 32.2. The third kappa shape index (κ3) is 3.03. The van der Waals surface area contributed by atoms with Crippen molar-refractivity contribution < 1.29 is 9.18 Å². The van der Waals surface area contributed by atoms with Gasteiger partial charge in [0.1, 0.15) is 22.9 Å². The first-order chi connectivity index (χ1) is 12.5. The van der Waals surface area contributed by atoms with Gasteiger partial charge in [0.25, 0.3) is 5.91 Å². The molecule has 1 aromatic heterocycles. The Kier molecular flexibility index (Phi) is 4.74. The molecule has 4 rings (SSSR count). The zero-order valence-electron chi connectivity index (χ0n) is 15.1. The fourth-order valence-corrected chi connectivity index (χ4v) is 5.49. The van der Waals surface area contributed by atoms with Crippen molar-refractivity contribution >= 4 is 29.5 Å². The minimum absolute atomic E-state index is 0.0617. The molecule has 26 heavy (non-hydrogen) atoms. The number of hydrogen-bond donors (Lipinski definition) is 3. The van der Waals surface area contributed by atoms with Gasteiger partial charge in [-0.15, -0.1) is 0 Å². The number of nitrogens with one attached hydrogen (secondary N) is 2. The van der Waals surface area contributed by atoms with Gasteiger partial charge in [0.2, 0.25) is 0 Å². The van der Waals surface area contributed by atoms with Crippen molar-refractivity contribution in [2.45, 2.75) is 49.9 Å². The Balaban J connectivity index is 1.55. The number of amides is 1. The van der Waals surface area contributed by atoms with Crippen LogP contribution < -0.4 is 20.7 Å². The van der Waals surface area contributed by atoms with E-state index < -0.39 is 6.17 Å². The van der Waals surface area contributed by atoms with E-state index in [0.29, 0.717) is 11.4 Å². The topological polar surface area (TPSA) is 91.4 Å². The molecular formula is C16H26FN7OS. The lowest BCUT2D eigenvalue weighted by Gasteiger charge is -2.31. The van der Waals surface area contributed by atoms with E-state index in [1.807, 2.05) is 0 Å². The zero-order valence-corrected chi connectivity index (χ0v) is 15.9. The van der Waals surface area contributed by atoms with Crippen LogP contribution in [-0.4, -0.2) is 70.9 Å². The second-order valence-electron chi connectivity index (χ2n) is 7.40. The number of nitrogen functional groups attached to an aromatic ring is 1. The third-order valence-electron chi connectivity index (χ3n) is 5.42. The molecule has 0 bridgehead atoms. The maximum Gasteiger partial charge on any atom is 0.259 e. The molecule has 2 fully saturated rings. The molecule has 4 N–H and O–H groups in total. The zero-order chi connectivity index (χ0) is 18.4. The standard InChI is InChI=1S/C16H26FN7OS/c1-9-12(23-5-3-4-6-23)15(26-21-9)19-14(25)11-13(18)20-24-8-10(17)7-22(2)16(11)24/h9-10,12,15,21H,3-8H2,1-2H3,(H2,18,20)(H,19,25). The van der Waals surface area contributed by atoms with E-state index in [9.17, 15) is 9.18 Å². The first-order valence-electron chi connectivity index (χ1n) is 9.13. The van der Waals surface area contributed by atoms with Gasteiger partial charge in [-0.05, 0) is 32.9 Å². The van der Waals surface area contributed by atoms with Crippen molar-refractivity contribution in [1.29, 1.82) is 0 Å². The second-order valence-corrected chi connectivity index (χ2v) is 8.38. The molecule has 1 amide bonds. The summed E-state index contributed by atoms with van der Waals surface area (Å²) in [5.74, 6) is 0.501. The summed E-state index contributed by atoms with van der Waals surface area (Å²) < 4.78 is 18.7. The molecule has 0 aliphatic carbocycles. The van der Waals surface area contributed by atoms with E-state index in [0.717, 1.165) is 13.1 Å². The number of likely N-dealkylation sites (tertiary alicyclic amines) is 1. The van der Waals surface area contributed by atoms with Crippen molar-refractivity contribution in [3.8, 4) is 0 Å². The predicted octanol–water partition coefficient (Wildman–Crippen LogP) is 0.413. The summed E-state index contributed by atoms with van der Waals surface area (Å²) in [7, 11) is 1.76. The van der Waals surface area contributed by atoms with E-state index in [1.54, 1.807) is 23.9 Å². The summed E-state index contributed by atoms with van der Waals surface area (Å²) >= 11 is 1.55. The van der Waals surface area contributed by atoms with Crippen LogP contribution in [0.15, 0.2) is 0 Å². The average Bonchev–Trinajstić information content (AvgIpc) is 3.26. The van der Waals surface area contributed by atoms with E-state index in [1.165, 1.54) is 17.5 Å². The number of halogens is 1. The molecule has 10 heteroatoms. The molecule has 1 aromatic rings. The molecule has 0 radical (unpaired) electrons. The molecular weight excluding hydrogens is 357 g/mol. The summed E-state index contributed by atoms with van der Waals surface area (Å²) in [6.07, 6.45) is 1.39. The number of alkyl halides is 1. The number of nitrogens with zero attached hydrogens (tertiary/aromatic N) is 4. The van der Waals surface area contributed by atoms with Crippen LogP contribution in [0.1, 0.15) is 30.1 Å². The normalized spacial score (nSPS) is 32.0. The van der Waals surface area contributed by atoms with Crippen LogP contribution in [0.5, 0.6) is 0 Å². The van der Waals surface area contributed by atoms with Crippen molar-refractivity contribution in [2.24, 2.45) is 0 Å². The molecule has 2 saturated heterocycles. The Hall–Kier alpha value is -1.52. The fraction of sp³-hybridized carbons (Fsp3) is 0.750. The van der Waals surface area contributed by atoms with Crippen LogP contribution in [0.2, 0.25) is 0 Å². The second kappa shape index (κ2) is 6.90. The van der Waals surface area contributed by atoms with Gasteiger partial charge in [0, 0.05) is 13.1 Å². The Morgan fingerprint density at radius 2 is 2.12 bits per heavy atom. The molecule has 0 aromatic carbocycles. The van der Waals surface area contributed by atoms with Crippen molar-refractivity contribution in [3.63, 3.8) is 0 Å². The van der Waals surface area contributed by atoms with Gasteiger partial charge in [0.15, 0.2) is 5.82 Å². The summed E-state index contributed by atoms with van der Waals surface area (Å²) in [4.78, 5) is 17.2. The Bertz CT molecular complexity index is 692. The molecule has 3 aliphatic rings. The van der Waals surface area contributed by atoms with E-state index in [2.05, 4.69) is 27.0 Å². The van der Waals surface area contributed by atoms with Crippen LogP contribution >= 0.6 is 11.9 Å². The maximum absolute atomic E-state index is 13.8. The van der Waals surface area contributed by atoms with Gasteiger partial charge < -0.3 is 16.0 Å². The number of carbonyl (C=O) groups is 1. The lowest BCUT2D eigenvalue weighted by atomic mass is 10.1.